The summed E-state index contributed by atoms with van der Waals surface area (Å²) in [5.74, 6) is 0. The average molecular weight is 659 g/mol. The van der Waals surface area contributed by atoms with Crippen molar-refractivity contribution in [2.45, 2.75) is 0 Å². The lowest BCUT2D eigenvalue weighted by molar-refractivity contribution is 0.669. The Balaban J connectivity index is 1.37. The van der Waals surface area contributed by atoms with Crippen LogP contribution in [0.4, 0.5) is 34.1 Å². The van der Waals surface area contributed by atoms with Gasteiger partial charge in [-0.3, -0.25) is 0 Å². The van der Waals surface area contributed by atoms with Gasteiger partial charge in [0.25, 0.3) is 0 Å². The zero-order valence-electron chi connectivity index (χ0n) is 27.0. The quantitative estimate of drug-likeness (QED) is 0.177. The van der Waals surface area contributed by atoms with E-state index in [1.165, 1.54) is 30.9 Å². The summed E-state index contributed by atoms with van der Waals surface area (Å²) in [7, 11) is 0. The van der Waals surface area contributed by atoms with Crippen LogP contribution in [0.2, 0.25) is 0 Å². The largest absolute Gasteiger partial charge is 0.456 e. The van der Waals surface area contributed by atoms with Crippen LogP contribution in [0.25, 0.3) is 52.9 Å². The maximum Gasteiger partial charge on any atom is 0.137 e. The van der Waals surface area contributed by atoms with Crippen molar-refractivity contribution in [2.75, 3.05) is 9.80 Å². The van der Waals surface area contributed by atoms with E-state index in [4.69, 9.17) is 4.42 Å². The number of nitrogens with zero attached hydrogens (tertiary/aromatic N) is 2. The first-order valence-electron chi connectivity index (χ1n) is 16.9. The number of furan rings is 1. The van der Waals surface area contributed by atoms with Crippen LogP contribution in [0.15, 0.2) is 186 Å². The Hall–Kier alpha value is -6.36. The zero-order chi connectivity index (χ0) is 33.0. The fourth-order valence-electron chi connectivity index (χ4n) is 7.43. The number of benzene rings is 8. The summed E-state index contributed by atoms with van der Waals surface area (Å²) in [4.78, 5) is 4.80. The zero-order valence-corrected chi connectivity index (χ0v) is 27.8. The molecule has 0 N–H and O–H groups in total. The average Bonchev–Trinajstić information content (AvgIpc) is 3.75. The molecule has 236 valence electrons. The molecule has 0 saturated carbocycles. The SMILES string of the molecule is c1ccc(N(c2ccccc2)c2ccc3oc4ccc5ccccc5c4c3c2N(c2ccccc2)c2ccc3c(c2)sc2ccccc23)cc1. The number of para-hydroxylation sites is 3. The predicted molar refractivity (Wildman–Crippen MR) is 213 cm³/mol. The van der Waals surface area contributed by atoms with Crippen LogP contribution in [0.3, 0.4) is 0 Å². The molecule has 3 nitrogen and oxygen atoms in total. The van der Waals surface area contributed by atoms with Crippen LogP contribution in [0, 0.1) is 0 Å². The van der Waals surface area contributed by atoms with E-state index in [9.17, 15) is 0 Å². The molecule has 10 aromatic rings. The van der Waals surface area contributed by atoms with Gasteiger partial charge in [0.05, 0.1) is 16.8 Å². The molecule has 0 fully saturated rings. The third-order valence-corrected chi connectivity index (χ3v) is 10.7. The van der Waals surface area contributed by atoms with E-state index in [1.807, 2.05) is 11.3 Å². The summed E-state index contributed by atoms with van der Waals surface area (Å²) in [5.41, 5.74) is 8.12. The first kappa shape index (κ1) is 28.6. The summed E-state index contributed by atoms with van der Waals surface area (Å²) in [6, 6.07) is 64.9. The van der Waals surface area contributed by atoms with Gasteiger partial charge >= 0.3 is 0 Å². The number of hydrogen-bond donors (Lipinski definition) is 0. The Labute approximate surface area is 293 Å². The molecular formula is C46H30N2OS. The molecule has 0 aliphatic heterocycles. The lowest BCUT2D eigenvalue weighted by atomic mass is 10.00. The lowest BCUT2D eigenvalue weighted by Gasteiger charge is -2.33. The number of anilines is 6. The molecule has 0 saturated heterocycles. The Morgan fingerprint density at radius 1 is 0.380 bits per heavy atom. The van der Waals surface area contributed by atoms with E-state index >= 15 is 0 Å². The van der Waals surface area contributed by atoms with Crippen molar-refractivity contribution in [3.8, 4) is 0 Å². The van der Waals surface area contributed by atoms with Crippen molar-refractivity contribution in [1.29, 1.82) is 0 Å². The van der Waals surface area contributed by atoms with Gasteiger partial charge in [-0.05, 0) is 83.6 Å². The monoisotopic (exact) mass is 658 g/mol. The molecule has 4 heteroatoms. The highest BCUT2D eigenvalue weighted by Gasteiger charge is 2.28. The summed E-state index contributed by atoms with van der Waals surface area (Å²) >= 11 is 1.84. The van der Waals surface area contributed by atoms with Crippen molar-refractivity contribution < 1.29 is 4.42 Å². The Morgan fingerprint density at radius 3 is 1.66 bits per heavy atom. The second-order valence-corrected chi connectivity index (χ2v) is 13.6. The molecule has 0 amide bonds. The number of rotatable bonds is 6. The maximum absolute atomic E-state index is 6.74. The molecule has 0 aliphatic carbocycles. The van der Waals surface area contributed by atoms with Gasteiger partial charge in [0.1, 0.15) is 11.2 Å². The van der Waals surface area contributed by atoms with Gasteiger partial charge in [-0.15, -0.1) is 11.3 Å². The number of fused-ring (bicyclic) bond motifs is 8. The van der Waals surface area contributed by atoms with Crippen LogP contribution < -0.4 is 9.80 Å². The van der Waals surface area contributed by atoms with Crippen molar-refractivity contribution in [2.24, 2.45) is 0 Å². The van der Waals surface area contributed by atoms with E-state index in [0.29, 0.717) is 0 Å². The normalized spacial score (nSPS) is 11.6. The highest BCUT2D eigenvalue weighted by atomic mass is 32.1. The summed E-state index contributed by atoms with van der Waals surface area (Å²) < 4.78 is 9.28. The van der Waals surface area contributed by atoms with Crippen LogP contribution in [-0.4, -0.2) is 0 Å². The first-order valence-corrected chi connectivity index (χ1v) is 17.7. The molecule has 0 aliphatic rings. The summed E-state index contributed by atoms with van der Waals surface area (Å²) in [6.45, 7) is 0. The molecule has 0 bridgehead atoms. The number of hydrogen-bond acceptors (Lipinski definition) is 4. The minimum Gasteiger partial charge on any atom is -0.456 e. The van der Waals surface area contributed by atoms with Gasteiger partial charge in [-0.1, -0.05) is 109 Å². The third kappa shape index (κ3) is 4.57. The molecule has 2 heterocycles. The van der Waals surface area contributed by atoms with Crippen molar-refractivity contribution in [1.82, 2.24) is 0 Å². The Morgan fingerprint density at radius 2 is 0.940 bits per heavy atom. The molecule has 50 heavy (non-hydrogen) atoms. The molecule has 0 unspecified atom stereocenters. The Bertz CT molecular complexity index is 2780. The molecule has 0 radical (unpaired) electrons. The van der Waals surface area contributed by atoms with Crippen molar-refractivity contribution in [3.63, 3.8) is 0 Å². The second-order valence-electron chi connectivity index (χ2n) is 12.5. The molecule has 10 rings (SSSR count). The smallest absolute Gasteiger partial charge is 0.137 e. The third-order valence-electron chi connectivity index (χ3n) is 9.61. The Kier molecular flexibility index (Phi) is 6.68. The molecule has 0 spiro atoms. The standard InChI is InChI=1S/C46H30N2OS/c1-4-15-32(16-5-1)47(33-17-6-2-7-18-33)39-27-29-41-45(44-36-21-11-10-14-31(36)24-28-40(44)49-41)46(39)48(34-19-8-3-9-20-34)35-25-26-38-37-22-12-13-23-42(37)50-43(38)30-35/h1-30H. The molecule has 2 aromatic heterocycles. The predicted octanol–water partition coefficient (Wildman–Crippen LogP) is 14.0. The van der Waals surface area contributed by atoms with Crippen molar-refractivity contribution in [3.05, 3.63) is 182 Å². The summed E-state index contributed by atoms with van der Waals surface area (Å²) in [5, 5.41) is 7.10. The topological polar surface area (TPSA) is 19.6 Å². The van der Waals surface area contributed by atoms with Gasteiger partial charge in [0.15, 0.2) is 0 Å². The van der Waals surface area contributed by atoms with E-state index < -0.39 is 0 Å². The first-order chi connectivity index (χ1) is 24.8. The van der Waals surface area contributed by atoms with Crippen molar-refractivity contribution >= 4 is 98.3 Å². The van der Waals surface area contributed by atoms with Crippen LogP contribution in [0.1, 0.15) is 0 Å². The second kappa shape index (κ2) is 11.7. The fraction of sp³-hybridized carbons (Fsp3) is 0. The minimum absolute atomic E-state index is 0.847. The van der Waals surface area contributed by atoms with E-state index in [2.05, 4.69) is 192 Å². The highest BCUT2D eigenvalue weighted by molar-refractivity contribution is 7.25. The molecule has 8 aromatic carbocycles. The lowest BCUT2D eigenvalue weighted by Crippen LogP contribution is -2.17. The van der Waals surface area contributed by atoms with Crippen LogP contribution in [-0.2, 0) is 0 Å². The number of thiophene rings is 1. The summed E-state index contributed by atoms with van der Waals surface area (Å²) in [6.07, 6.45) is 0. The van der Waals surface area contributed by atoms with Crippen LogP contribution in [0.5, 0.6) is 0 Å². The minimum atomic E-state index is 0.847. The molecule has 0 atom stereocenters. The van der Waals surface area contributed by atoms with E-state index in [0.717, 1.165) is 56.1 Å². The van der Waals surface area contributed by atoms with E-state index in [-0.39, 0.29) is 0 Å². The van der Waals surface area contributed by atoms with Crippen LogP contribution >= 0.6 is 11.3 Å². The fourth-order valence-corrected chi connectivity index (χ4v) is 8.57. The van der Waals surface area contributed by atoms with Gasteiger partial charge in [-0.2, -0.15) is 0 Å². The van der Waals surface area contributed by atoms with Gasteiger partial charge in [-0.25, -0.2) is 0 Å². The van der Waals surface area contributed by atoms with Gasteiger partial charge < -0.3 is 14.2 Å². The van der Waals surface area contributed by atoms with E-state index in [1.54, 1.807) is 0 Å². The maximum atomic E-state index is 6.74. The van der Waals surface area contributed by atoms with Gasteiger partial charge in [0.2, 0.25) is 0 Å². The highest BCUT2D eigenvalue weighted by Crippen LogP contribution is 2.52. The molecular weight excluding hydrogens is 629 g/mol. The van der Waals surface area contributed by atoms with Gasteiger partial charge in [0, 0.05) is 48.3 Å².